The molecule has 1 N–H and O–H groups in total. The number of halogens is 1. The van der Waals surface area contributed by atoms with E-state index in [-0.39, 0.29) is 0 Å². The van der Waals surface area contributed by atoms with E-state index in [0.29, 0.717) is 23.0 Å². The summed E-state index contributed by atoms with van der Waals surface area (Å²) in [5.41, 5.74) is 1.38. The zero-order valence-corrected chi connectivity index (χ0v) is 8.60. The SMILES string of the molecule is C=C(Cl)CNc1cc(C#N)cc(C)n1. The van der Waals surface area contributed by atoms with E-state index >= 15 is 0 Å². The fourth-order valence-electron chi connectivity index (χ4n) is 1.01. The summed E-state index contributed by atoms with van der Waals surface area (Å²) in [5, 5.41) is 12.2. The molecule has 72 valence electrons. The van der Waals surface area contributed by atoms with E-state index in [2.05, 4.69) is 22.9 Å². The van der Waals surface area contributed by atoms with E-state index < -0.39 is 0 Å². The third-order valence-electron chi connectivity index (χ3n) is 1.54. The number of pyridine rings is 1. The van der Waals surface area contributed by atoms with E-state index in [0.717, 1.165) is 5.69 Å². The molecule has 1 heterocycles. The van der Waals surface area contributed by atoms with Gasteiger partial charge in [0.25, 0.3) is 0 Å². The molecule has 0 aliphatic heterocycles. The van der Waals surface area contributed by atoms with Gasteiger partial charge >= 0.3 is 0 Å². The summed E-state index contributed by atoms with van der Waals surface area (Å²) in [6.45, 7) is 5.83. The summed E-state index contributed by atoms with van der Waals surface area (Å²) >= 11 is 5.59. The molecular formula is C10H10ClN3. The van der Waals surface area contributed by atoms with Gasteiger partial charge in [-0.3, -0.25) is 0 Å². The molecule has 1 rings (SSSR count). The quantitative estimate of drug-likeness (QED) is 0.828. The molecule has 0 amide bonds. The van der Waals surface area contributed by atoms with E-state index in [1.165, 1.54) is 0 Å². The summed E-state index contributed by atoms with van der Waals surface area (Å²) in [4.78, 5) is 4.19. The number of aryl methyl sites for hydroxylation is 1. The van der Waals surface area contributed by atoms with Crippen molar-refractivity contribution in [2.24, 2.45) is 0 Å². The number of anilines is 1. The monoisotopic (exact) mass is 207 g/mol. The number of aromatic nitrogens is 1. The van der Waals surface area contributed by atoms with Crippen LogP contribution in [0.25, 0.3) is 0 Å². The van der Waals surface area contributed by atoms with Crippen molar-refractivity contribution in [1.82, 2.24) is 4.98 Å². The number of hydrogen-bond donors (Lipinski definition) is 1. The predicted molar refractivity (Wildman–Crippen MR) is 57.2 cm³/mol. The van der Waals surface area contributed by atoms with Crippen LogP contribution in [0, 0.1) is 18.3 Å². The van der Waals surface area contributed by atoms with Crippen molar-refractivity contribution in [3.63, 3.8) is 0 Å². The van der Waals surface area contributed by atoms with Gasteiger partial charge in [-0.15, -0.1) is 0 Å². The molecule has 3 nitrogen and oxygen atoms in total. The third kappa shape index (κ3) is 3.08. The van der Waals surface area contributed by atoms with Crippen LogP contribution >= 0.6 is 11.6 Å². The minimum Gasteiger partial charge on any atom is -0.365 e. The second-order valence-corrected chi connectivity index (χ2v) is 3.40. The Morgan fingerprint density at radius 3 is 3.00 bits per heavy atom. The van der Waals surface area contributed by atoms with Crippen LogP contribution in [0.4, 0.5) is 5.82 Å². The van der Waals surface area contributed by atoms with Gasteiger partial charge in [0.1, 0.15) is 5.82 Å². The second kappa shape index (κ2) is 4.64. The maximum atomic E-state index is 8.71. The van der Waals surface area contributed by atoms with Crippen molar-refractivity contribution in [2.75, 3.05) is 11.9 Å². The predicted octanol–water partition coefficient (Wildman–Crippen LogP) is 2.43. The first kappa shape index (κ1) is 10.6. The summed E-state index contributed by atoms with van der Waals surface area (Å²) in [6.07, 6.45) is 0. The zero-order valence-electron chi connectivity index (χ0n) is 7.84. The Morgan fingerprint density at radius 2 is 2.43 bits per heavy atom. The molecular weight excluding hydrogens is 198 g/mol. The molecule has 0 aromatic carbocycles. The van der Waals surface area contributed by atoms with Gasteiger partial charge in [0.05, 0.1) is 18.2 Å². The molecule has 0 radical (unpaired) electrons. The van der Waals surface area contributed by atoms with Crippen molar-refractivity contribution in [3.8, 4) is 6.07 Å². The van der Waals surface area contributed by atoms with Crippen LogP contribution in [0.1, 0.15) is 11.3 Å². The van der Waals surface area contributed by atoms with Crippen molar-refractivity contribution < 1.29 is 0 Å². The molecule has 0 spiro atoms. The third-order valence-corrected chi connectivity index (χ3v) is 1.68. The molecule has 14 heavy (non-hydrogen) atoms. The van der Waals surface area contributed by atoms with Crippen LogP contribution in [0.15, 0.2) is 23.7 Å². The minimum atomic E-state index is 0.447. The summed E-state index contributed by atoms with van der Waals surface area (Å²) in [7, 11) is 0. The lowest BCUT2D eigenvalue weighted by molar-refractivity contribution is 1.15. The lowest BCUT2D eigenvalue weighted by Gasteiger charge is -2.05. The lowest BCUT2D eigenvalue weighted by Crippen LogP contribution is -2.03. The second-order valence-electron chi connectivity index (χ2n) is 2.87. The number of rotatable bonds is 3. The Hall–Kier alpha value is -1.53. The summed E-state index contributed by atoms with van der Waals surface area (Å²) in [6, 6.07) is 5.46. The van der Waals surface area contributed by atoms with Gasteiger partial charge in [-0.05, 0) is 19.1 Å². The molecule has 0 fully saturated rings. The average Bonchev–Trinajstić information content (AvgIpc) is 2.14. The fourth-order valence-corrected chi connectivity index (χ4v) is 1.08. The molecule has 0 bridgehead atoms. The Morgan fingerprint density at radius 1 is 1.71 bits per heavy atom. The minimum absolute atomic E-state index is 0.447. The molecule has 1 aromatic heterocycles. The highest BCUT2D eigenvalue weighted by Crippen LogP contribution is 2.10. The first-order valence-electron chi connectivity index (χ1n) is 4.08. The molecule has 4 heteroatoms. The molecule has 0 aliphatic carbocycles. The fraction of sp³-hybridized carbons (Fsp3) is 0.200. The van der Waals surface area contributed by atoms with Crippen LogP contribution in [0.2, 0.25) is 0 Å². The summed E-state index contributed by atoms with van der Waals surface area (Å²) < 4.78 is 0. The van der Waals surface area contributed by atoms with E-state index in [9.17, 15) is 0 Å². The molecule has 0 unspecified atom stereocenters. The summed E-state index contributed by atoms with van der Waals surface area (Å²) in [5.74, 6) is 0.642. The van der Waals surface area contributed by atoms with E-state index in [4.69, 9.17) is 16.9 Å². The standard InChI is InChI=1S/C10H10ClN3/c1-7(11)6-13-10-4-9(5-12)3-8(2)14-10/h3-4H,1,6H2,2H3,(H,13,14). The lowest BCUT2D eigenvalue weighted by atomic mass is 10.2. The van der Waals surface area contributed by atoms with Crippen molar-refractivity contribution >= 4 is 17.4 Å². The van der Waals surface area contributed by atoms with Crippen LogP contribution in [0.5, 0.6) is 0 Å². The van der Waals surface area contributed by atoms with Gasteiger partial charge in [-0.25, -0.2) is 4.98 Å². The Bertz CT molecular complexity index is 393. The average molecular weight is 208 g/mol. The van der Waals surface area contributed by atoms with Gasteiger partial charge in [-0.2, -0.15) is 5.26 Å². The largest absolute Gasteiger partial charge is 0.365 e. The zero-order chi connectivity index (χ0) is 10.6. The highest BCUT2D eigenvalue weighted by atomic mass is 35.5. The van der Waals surface area contributed by atoms with Gasteiger partial charge < -0.3 is 5.32 Å². The molecule has 1 aromatic rings. The van der Waals surface area contributed by atoms with E-state index in [1.807, 2.05) is 6.92 Å². The Balaban J connectivity index is 2.82. The topological polar surface area (TPSA) is 48.7 Å². The van der Waals surface area contributed by atoms with Crippen LogP contribution < -0.4 is 5.32 Å². The van der Waals surface area contributed by atoms with Crippen molar-refractivity contribution in [2.45, 2.75) is 6.92 Å². The van der Waals surface area contributed by atoms with Crippen LogP contribution in [-0.4, -0.2) is 11.5 Å². The van der Waals surface area contributed by atoms with Crippen molar-refractivity contribution in [3.05, 3.63) is 35.0 Å². The van der Waals surface area contributed by atoms with Crippen LogP contribution in [-0.2, 0) is 0 Å². The van der Waals surface area contributed by atoms with Crippen LogP contribution in [0.3, 0.4) is 0 Å². The Labute approximate surface area is 88.0 Å². The van der Waals surface area contributed by atoms with Gasteiger partial charge in [0, 0.05) is 10.7 Å². The maximum absolute atomic E-state index is 8.71. The first-order chi connectivity index (χ1) is 6.61. The molecule has 0 aliphatic rings. The molecule has 0 atom stereocenters. The number of nitriles is 1. The Kier molecular flexibility index (Phi) is 3.49. The maximum Gasteiger partial charge on any atom is 0.127 e. The molecule has 0 saturated heterocycles. The normalized spacial score (nSPS) is 9.21. The van der Waals surface area contributed by atoms with Gasteiger partial charge in [0.15, 0.2) is 0 Å². The number of nitrogens with zero attached hydrogens (tertiary/aromatic N) is 2. The van der Waals surface area contributed by atoms with Gasteiger partial charge in [-0.1, -0.05) is 18.2 Å². The number of nitrogens with one attached hydrogen (secondary N) is 1. The van der Waals surface area contributed by atoms with E-state index in [1.54, 1.807) is 12.1 Å². The van der Waals surface area contributed by atoms with Crippen molar-refractivity contribution in [1.29, 1.82) is 5.26 Å². The first-order valence-corrected chi connectivity index (χ1v) is 4.45. The molecule has 0 saturated carbocycles. The van der Waals surface area contributed by atoms with Gasteiger partial charge in [0.2, 0.25) is 0 Å². The number of hydrogen-bond acceptors (Lipinski definition) is 3. The highest BCUT2D eigenvalue weighted by molar-refractivity contribution is 6.29. The highest BCUT2D eigenvalue weighted by Gasteiger charge is 1.99. The smallest absolute Gasteiger partial charge is 0.127 e.